The zero-order valence-corrected chi connectivity index (χ0v) is 13.2. The van der Waals surface area contributed by atoms with Gasteiger partial charge in [0.15, 0.2) is 5.50 Å². The monoisotopic (exact) mass is 329 g/mol. The maximum atomic E-state index is 12.2. The summed E-state index contributed by atoms with van der Waals surface area (Å²) < 4.78 is 2.32. The first-order valence-corrected chi connectivity index (χ1v) is 7.83. The van der Waals surface area contributed by atoms with E-state index < -0.39 is 0 Å². The van der Waals surface area contributed by atoms with Crippen LogP contribution in [0.5, 0.6) is 0 Å². The Labute approximate surface area is 118 Å². The Balaban J connectivity index is 2.93. The molecule has 0 spiro atoms. The molecule has 1 aliphatic heterocycles. The Hall–Kier alpha value is -0.750. The fraction of sp³-hybridized carbons (Fsp3) is 0.500. The van der Waals surface area contributed by atoms with Crippen molar-refractivity contribution >= 4 is 33.4 Å². The molecule has 0 saturated heterocycles. The van der Waals surface area contributed by atoms with E-state index in [2.05, 4.69) is 26.2 Å². The number of nitrogens with zero attached hydrogens (tertiary/aromatic N) is 2. The average Bonchev–Trinajstić information content (AvgIpc) is 2.31. The summed E-state index contributed by atoms with van der Waals surface area (Å²) in [4.78, 5) is 16.8. The Bertz CT molecular complexity index is 651. The minimum atomic E-state index is -0.0259. The van der Waals surface area contributed by atoms with Gasteiger partial charge in [-0.05, 0) is 49.0 Å². The molecule has 0 aliphatic carbocycles. The molecule has 0 saturated carbocycles. The molecule has 1 aliphatic rings. The van der Waals surface area contributed by atoms with E-state index >= 15 is 0 Å². The summed E-state index contributed by atoms with van der Waals surface area (Å²) in [6.45, 7) is 6.00. The Morgan fingerprint density at radius 2 is 2.22 bits per heavy atom. The normalized spacial score (nSPS) is 18.3. The quantitative estimate of drug-likeness (QED) is 0.886. The number of aromatic nitrogens is 1. The van der Waals surface area contributed by atoms with Crippen LogP contribution in [-0.4, -0.2) is 16.3 Å². The van der Waals surface area contributed by atoms with Crippen molar-refractivity contribution in [2.75, 3.05) is 6.26 Å². The summed E-state index contributed by atoms with van der Waals surface area (Å²) in [7, 11) is 0. The van der Waals surface area contributed by atoms with Gasteiger partial charge in [0.1, 0.15) is 5.49 Å². The highest BCUT2D eigenvalue weighted by Gasteiger charge is 2.16. The van der Waals surface area contributed by atoms with E-state index in [1.165, 1.54) is 0 Å². The highest BCUT2D eigenvalue weighted by Crippen LogP contribution is 2.09. The van der Waals surface area contributed by atoms with Gasteiger partial charge in [-0.2, -0.15) is 0 Å². The molecule has 0 fully saturated rings. The molecule has 0 aromatic carbocycles. The van der Waals surface area contributed by atoms with Crippen molar-refractivity contribution in [3.63, 3.8) is 0 Å². The summed E-state index contributed by atoms with van der Waals surface area (Å²) in [5.74, 6) is 0. The van der Waals surface area contributed by atoms with Crippen molar-refractivity contribution in [2.45, 2.75) is 32.3 Å². The minimum absolute atomic E-state index is 0.0249. The fourth-order valence-corrected chi connectivity index (χ4v) is 2.92. The van der Waals surface area contributed by atoms with Crippen molar-refractivity contribution in [2.24, 2.45) is 4.99 Å². The average molecular weight is 330 g/mol. The number of thioether (sulfide) groups is 1. The molecule has 0 bridgehead atoms. The van der Waals surface area contributed by atoms with Crippen LogP contribution < -0.4 is 21.6 Å². The fourth-order valence-electron chi connectivity index (χ4n) is 2.00. The Morgan fingerprint density at radius 1 is 1.56 bits per heavy atom. The van der Waals surface area contributed by atoms with Crippen molar-refractivity contribution in [3.8, 4) is 0 Å². The molecule has 2 rings (SSSR count). The molecule has 1 atom stereocenters. The van der Waals surface area contributed by atoms with Crippen LogP contribution in [0.3, 0.4) is 0 Å². The van der Waals surface area contributed by atoms with Gasteiger partial charge in [0.2, 0.25) is 0 Å². The number of hydrogen-bond acceptors (Lipinski definition) is 4. The molecular weight excluding hydrogens is 314 g/mol. The van der Waals surface area contributed by atoms with E-state index in [1.54, 1.807) is 16.3 Å². The predicted molar refractivity (Wildman–Crippen MR) is 79.1 cm³/mol. The maximum absolute atomic E-state index is 12.2. The molecule has 98 valence electrons. The van der Waals surface area contributed by atoms with Gasteiger partial charge >= 0.3 is 0 Å². The lowest BCUT2D eigenvalue weighted by Crippen LogP contribution is -2.51. The van der Waals surface area contributed by atoms with Crippen LogP contribution in [0, 0.1) is 0 Å². The second-order valence-electron chi connectivity index (χ2n) is 4.48. The van der Waals surface area contributed by atoms with Gasteiger partial charge < -0.3 is 5.32 Å². The maximum Gasteiger partial charge on any atom is 0.266 e. The largest absolute Gasteiger partial charge is 0.358 e. The van der Waals surface area contributed by atoms with Crippen molar-refractivity contribution in [1.82, 2.24) is 9.88 Å². The first-order chi connectivity index (χ1) is 8.45. The number of halogens is 1. The SMILES string of the molecule is CSC1N=c2c(cc(Br)c(=O)n2C(C)C)=C(C)N1. The van der Waals surface area contributed by atoms with E-state index in [-0.39, 0.29) is 17.1 Å². The second-order valence-corrected chi connectivity index (χ2v) is 6.26. The van der Waals surface area contributed by atoms with Gasteiger partial charge in [0.05, 0.1) is 4.47 Å². The minimum Gasteiger partial charge on any atom is -0.358 e. The van der Waals surface area contributed by atoms with Crippen LogP contribution in [0.4, 0.5) is 0 Å². The first-order valence-electron chi connectivity index (χ1n) is 5.75. The number of nitrogens with one attached hydrogen (secondary N) is 1. The molecule has 0 amide bonds. The zero-order valence-electron chi connectivity index (χ0n) is 10.8. The first kappa shape index (κ1) is 13.7. The number of rotatable bonds is 2. The molecule has 0 radical (unpaired) electrons. The molecule has 1 aromatic heterocycles. The van der Waals surface area contributed by atoms with Crippen LogP contribution in [0.1, 0.15) is 26.8 Å². The van der Waals surface area contributed by atoms with Crippen molar-refractivity contribution < 1.29 is 0 Å². The van der Waals surface area contributed by atoms with E-state index in [9.17, 15) is 4.79 Å². The lowest BCUT2D eigenvalue weighted by Gasteiger charge is -2.21. The third-order valence-electron chi connectivity index (χ3n) is 2.89. The number of hydrogen-bond donors (Lipinski definition) is 1. The molecule has 6 heteroatoms. The third-order valence-corrected chi connectivity index (χ3v) is 4.12. The van der Waals surface area contributed by atoms with Crippen molar-refractivity contribution in [3.05, 3.63) is 31.6 Å². The van der Waals surface area contributed by atoms with Crippen molar-refractivity contribution in [1.29, 1.82) is 0 Å². The van der Waals surface area contributed by atoms with E-state index in [0.29, 0.717) is 4.47 Å². The smallest absolute Gasteiger partial charge is 0.266 e. The molecule has 1 N–H and O–H groups in total. The molecule has 1 aromatic rings. The number of pyridine rings is 1. The van der Waals surface area contributed by atoms with Crippen LogP contribution in [0.15, 0.2) is 20.3 Å². The Kier molecular flexibility index (Phi) is 3.87. The highest BCUT2D eigenvalue weighted by atomic mass is 79.9. The molecule has 2 heterocycles. The summed E-state index contributed by atoms with van der Waals surface area (Å²) in [6.07, 6.45) is 2.00. The molecular formula is C12H16BrN3OS. The van der Waals surface area contributed by atoms with Gasteiger partial charge in [-0.25, -0.2) is 4.99 Å². The van der Waals surface area contributed by atoms with Gasteiger partial charge in [0, 0.05) is 17.0 Å². The van der Waals surface area contributed by atoms with Crippen LogP contribution in [0.2, 0.25) is 0 Å². The van der Waals surface area contributed by atoms with Gasteiger partial charge in [-0.15, -0.1) is 11.8 Å². The van der Waals surface area contributed by atoms with Crippen LogP contribution >= 0.6 is 27.7 Å². The third kappa shape index (κ3) is 2.23. The van der Waals surface area contributed by atoms with E-state index in [1.807, 2.05) is 33.1 Å². The predicted octanol–water partition coefficient (Wildman–Crippen LogP) is 1.19. The number of fused-ring (bicyclic) bond motifs is 1. The zero-order chi connectivity index (χ0) is 13.4. The topological polar surface area (TPSA) is 46.4 Å². The summed E-state index contributed by atoms with van der Waals surface area (Å²) in [6, 6.07) is 1.93. The summed E-state index contributed by atoms with van der Waals surface area (Å²) >= 11 is 4.95. The van der Waals surface area contributed by atoms with E-state index in [0.717, 1.165) is 16.4 Å². The lowest BCUT2D eigenvalue weighted by atomic mass is 10.2. The summed E-state index contributed by atoms with van der Waals surface area (Å²) in [5.41, 5.74) is 1.77. The molecule has 18 heavy (non-hydrogen) atoms. The highest BCUT2D eigenvalue weighted by molar-refractivity contribution is 9.10. The van der Waals surface area contributed by atoms with Crippen LogP contribution in [-0.2, 0) is 0 Å². The van der Waals surface area contributed by atoms with Gasteiger partial charge in [-0.1, -0.05) is 0 Å². The Morgan fingerprint density at radius 3 is 2.78 bits per heavy atom. The van der Waals surface area contributed by atoms with E-state index in [4.69, 9.17) is 0 Å². The molecule has 4 nitrogen and oxygen atoms in total. The van der Waals surface area contributed by atoms with Gasteiger partial charge in [-0.3, -0.25) is 9.36 Å². The van der Waals surface area contributed by atoms with Crippen LogP contribution in [0.25, 0.3) is 5.70 Å². The van der Waals surface area contributed by atoms with Gasteiger partial charge in [0.25, 0.3) is 5.56 Å². The lowest BCUT2D eigenvalue weighted by molar-refractivity contribution is 0.534. The summed E-state index contributed by atoms with van der Waals surface area (Å²) in [5, 5.41) is 4.30. The second kappa shape index (κ2) is 5.09. The molecule has 1 unspecified atom stereocenters. The standard InChI is InChI=1S/C12H16BrN3OS/c1-6(2)16-10-8(5-9(13)11(16)17)7(3)14-12(15-10)18-4/h5-6,12,14H,1-4H3.